The van der Waals surface area contributed by atoms with Crippen molar-refractivity contribution in [2.75, 3.05) is 12.4 Å². The SMILES string of the molecule is CN1C(=O)C[C@@H](C(=O)Nc2ccc(C(=O)[O-])cc2)SC1=Nc1ccc(F)cc1. The molecule has 1 heterocycles. The number of thioether (sulfide) groups is 1. The van der Waals surface area contributed by atoms with Crippen LogP contribution < -0.4 is 10.4 Å². The molecule has 9 heteroatoms. The predicted molar refractivity (Wildman–Crippen MR) is 102 cm³/mol. The maximum Gasteiger partial charge on any atom is 0.238 e. The van der Waals surface area contributed by atoms with Gasteiger partial charge in [0.2, 0.25) is 11.8 Å². The molecule has 1 saturated heterocycles. The van der Waals surface area contributed by atoms with Crippen molar-refractivity contribution in [2.24, 2.45) is 4.99 Å². The Kier molecular flexibility index (Phi) is 5.74. The van der Waals surface area contributed by atoms with E-state index in [0.29, 0.717) is 16.5 Å². The number of carbonyl (C=O) groups excluding carboxylic acids is 3. The molecule has 0 aliphatic carbocycles. The van der Waals surface area contributed by atoms with Crippen LogP contribution in [0.5, 0.6) is 0 Å². The molecule has 1 atom stereocenters. The minimum absolute atomic E-state index is 0.00411. The summed E-state index contributed by atoms with van der Waals surface area (Å²) in [5.41, 5.74) is 0.858. The zero-order valence-electron chi connectivity index (χ0n) is 14.7. The third-order valence-corrected chi connectivity index (χ3v) is 5.24. The van der Waals surface area contributed by atoms with Gasteiger partial charge in [0.25, 0.3) is 0 Å². The summed E-state index contributed by atoms with van der Waals surface area (Å²) in [5, 5.41) is 13.1. The fourth-order valence-corrected chi connectivity index (χ4v) is 3.50. The molecule has 2 aromatic rings. The molecule has 3 rings (SSSR count). The topological polar surface area (TPSA) is 102 Å². The maximum absolute atomic E-state index is 13.0. The van der Waals surface area contributed by atoms with Crippen LogP contribution in [0.2, 0.25) is 0 Å². The number of carboxylic acid groups (broad SMARTS) is 1. The first-order chi connectivity index (χ1) is 13.3. The molecular weight excluding hydrogens is 385 g/mol. The smallest absolute Gasteiger partial charge is 0.238 e. The molecule has 2 amide bonds. The lowest BCUT2D eigenvalue weighted by molar-refractivity contribution is -0.255. The van der Waals surface area contributed by atoms with Gasteiger partial charge in [0.1, 0.15) is 11.1 Å². The molecule has 28 heavy (non-hydrogen) atoms. The number of aromatic carboxylic acids is 1. The second-order valence-electron chi connectivity index (χ2n) is 5.99. The Balaban J connectivity index is 1.74. The lowest BCUT2D eigenvalue weighted by atomic mass is 10.2. The summed E-state index contributed by atoms with van der Waals surface area (Å²) in [6.45, 7) is 0. The van der Waals surface area contributed by atoms with Gasteiger partial charge in [0, 0.05) is 19.2 Å². The zero-order chi connectivity index (χ0) is 20.3. The molecule has 0 aromatic heterocycles. The highest BCUT2D eigenvalue weighted by atomic mass is 32.2. The molecule has 1 aliphatic rings. The number of anilines is 1. The summed E-state index contributed by atoms with van der Waals surface area (Å²) in [7, 11) is 1.56. The van der Waals surface area contributed by atoms with Crippen LogP contribution in [0.3, 0.4) is 0 Å². The molecule has 0 radical (unpaired) electrons. The van der Waals surface area contributed by atoms with Crippen LogP contribution in [0.4, 0.5) is 15.8 Å². The lowest BCUT2D eigenvalue weighted by Crippen LogP contribution is -2.43. The van der Waals surface area contributed by atoms with Crippen molar-refractivity contribution >= 4 is 46.1 Å². The zero-order valence-corrected chi connectivity index (χ0v) is 15.5. The minimum Gasteiger partial charge on any atom is -0.545 e. The highest BCUT2D eigenvalue weighted by molar-refractivity contribution is 8.15. The van der Waals surface area contributed by atoms with Crippen molar-refractivity contribution in [3.8, 4) is 0 Å². The third kappa shape index (κ3) is 4.55. The average molecular weight is 400 g/mol. The van der Waals surface area contributed by atoms with Gasteiger partial charge in [-0.25, -0.2) is 9.38 Å². The third-order valence-electron chi connectivity index (χ3n) is 4.00. The van der Waals surface area contributed by atoms with E-state index < -0.39 is 22.9 Å². The standard InChI is InChI=1S/C19H16FN3O4S/c1-23-16(24)10-15(28-19(23)22-14-8-4-12(20)5-9-14)17(25)21-13-6-2-11(3-7-13)18(26)27/h2-9,15H,10H2,1H3,(H,21,25)(H,26,27)/p-1/t15-/m0/s1. The molecule has 0 spiro atoms. The number of carbonyl (C=O) groups is 3. The first kappa shape index (κ1) is 19.6. The Labute approximate surface area is 164 Å². The number of aliphatic imine (C=N–C) groups is 1. The Hall–Kier alpha value is -3.20. The summed E-state index contributed by atoms with van der Waals surface area (Å²) in [4.78, 5) is 41.3. The van der Waals surface area contributed by atoms with Gasteiger partial charge in [-0.05, 0) is 42.0 Å². The normalized spacial score (nSPS) is 18.2. The van der Waals surface area contributed by atoms with Crippen LogP contribution in [0.15, 0.2) is 53.5 Å². The Morgan fingerprint density at radius 3 is 2.43 bits per heavy atom. The van der Waals surface area contributed by atoms with Crippen molar-refractivity contribution in [3.05, 3.63) is 59.9 Å². The molecule has 144 valence electrons. The van der Waals surface area contributed by atoms with Crippen molar-refractivity contribution < 1.29 is 23.9 Å². The van der Waals surface area contributed by atoms with Crippen molar-refractivity contribution in [2.45, 2.75) is 11.7 Å². The number of amidine groups is 1. The molecule has 1 N–H and O–H groups in total. The largest absolute Gasteiger partial charge is 0.545 e. The van der Waals surface area contributed by atoms with Gasteiger partial charge in [0.15, 0.2) is 5.17 Å². The fourth-order valence-electron chi connectivity index (χ4n) is 2.44. The molecule has 0 bridgehead atoms. The Morgan fingerprint density at radius 2 is 1.82 bits per heavy atom. The molecule has 0 unspecified atom stereocenters. The quantitative estimate of drug-likeness (QED) is 0.843. The van der Waals surface area contributed by atoms with Gasteiger partial charge in [-0.1, -0.05) is 23.9 Å². The van der Waals surface area contributed by atoms with Crippen LogP contribution in [-0.2, 0) is 9.59 Å². The van der Waals surface area contributed by atoms with Gasteiger partial charge < -0.3 is 15.2 Å². The first-order valence-electron chi connectivity index (χ1n) is 8.23. The molecule has 1 fully saturated rings. The van der Waals surface area contributed by atoms with Crippen molar-refractivity contribution in [3.63, 3.8) is 0 Å². The van der Waals surface area contributed by atoms with Gasteiger partial charge in [-0.15, -0.1) is 0 Å². The first-order valence-corrected chi connectivity index (χ1v) is 9.11. The second-order valence-corrected chi connectivity index (χ2v) is 7.16. The number of amides is 2. The van der Waals surface area contributed by atoms with E-state index in [1.54, 1.807) is 7.05 Å². The average Bonchev–Trinajstić information content (AvgIpc) is 2.67. The number of halogens is 1. The summed E-state index contributed by atoms with van der Waals surface area (Å²) in [6.07, 6.45) is -0.00737. The van der Waals surface area contributed by atoms with Crippen molar-refractivity contribution in [1.29, 1.82) is 0 Å². The van der Waals surface area contributed by atoms with Crippen LogP contribution in [-0.4, -0.2) is 40.1 Å². The highest BCUT2D eigenvalue weighted by Crippen LogP contribution is 2.29. The summed E-state index contributed by atoms with van der Waals surface area (Å²) in [5.74, 6) is -2.38. The number of nitrogens with zero attached hydrogens (tertiary/aromatic N) is 2. The van der Waals surface area contributed by atoms with E-state index >= 15 is 0 Å². The van der Waals surface area contributed by atoms with Crippen molar-refractivity contribution in [1.82, 2.24) is 4.90 Å². The second kappa shape index (κ2) is 8.22. The predicted octanol–water partition coefficient (Wildman–Crippen LogP) is 1.78. The number of hydrogen-bond acceptors (Lipinski definition) is 6. The number of rotatable bonds is 4. The van der Waals surface area contributed by atoms with E-state index in [1.807, 2.05) is 0 Å². The van der Waals surface area contributed by atoms with Gasteiger partial charge in [-0.2, -0.15) is 0 Å². The number of carboxylic acids is 1. The van der Waals surface area contributed by atoms with E-state index in [4.69, 9.17) is 0 Å². The van der Waals surface area contributed by atoms with Gasteiger partial charge in [-0.3, -0.25) is 14.5 Å². The molecular formula is C19H15FN3O4S-. The summed E-state index contributed by atoms with van der Waals surface area (Å²) in [6, 6.07) is 11.0. The minimum atomic E-state index is -1.31. The monoisotopic (exact) mass is 400 g/mol. The van der Waals surface area contributed by atoms with Crippen LogP contribution in [0.1, 0.15) is 16.8 Å². The number of hydrogen-bond donors (Lipinski definition) is 1. The van der Waals surface area contributed by atoms with Crippen LogP contribution in [0.25, 0.3) is 0 Å². The molecule has 1 aliphatic heterocycles. The Bertz CT molecular complexity index is 945. The van der Waals surface area contributed by atoms with Gasteiger partial charge in [0.05, 0.1) is 11.7 Å². The van der Waals surface area contributed by atoms with E-state index in [1.165, 1.54) is 53.4 Å². The number of benzene rings is 2. The lowest BCUT2D eigenvalue weighted by Gasteiger charge is -2.28. The molecule has 7 nitrogen and oxygen atoms in total. The van der Waals surface area contributed by atoms with E-state index in [-0.39, 0.29) is 17.9 Å². The van der Waals surface area contributed by atoms with E-state index in [0.717, 1.165) is 11.8 Å². The fraction of sp³-hybridized carbons (Fsp3) is 0.158. The van der Waals surface area contributed by atoms with Crippen LogP contribution >= 0.6 is 11.8 Å². The van der Waals surface area contributed by atoms with E-state index in [2.05, 4.69) is 10.3 Å². The van der Waals surface area contributed by atoms with Gasteiger partial charge >= 0.3 is 0 Å². The van der Waals surface area contributed by atoms with E-state index in [9.17, 15) is 23.9 Å². The van der Waals surface area contributed by atoms with Crippen LogP contribution in [0, 0.1) is 5.82 Å². The Morgan fingerprint density at radius 1 is 1.18 bits per heavy atom. The molecule has 2 aromatic carbocycles. The summed E-state index contributed by atoms with van der Waals surface area (Å²) >= 11 is 1.12. The maximum atomic E-state index is 13.0. The number of nitrogens with one attached hydrogen (secondary N) is 1. The highest BCUT2D eigenvalue weighted by Gasteiger charge is 2.34. The molecule has 0 saturated carbocycles. The summed E-state index contributed by atoms with van der Waals surface area (Å²) < 4.78 is 13.0.